The van der Waals surface area contributed by atoms with Gasteiger partial charge in [-0.25, -0.2) is 9.97 Å². The third kappa shape index (κ3) is 2.32. The molecule has 114 valence electrons. The molecule has 0 aliphatic heterocycles. The van der Waals surface area contributed by atoms with Crippen LogP contribution in [0.2, 0.25) is 5.02 Å². The molecule has 1 aliphatic rings. The summed E-state index contributed by atoms with van der Waals surface area (Å²) in [5.74, 6) is 0.299. The van der Waals surface area contributed by atoms with Crippen molar-refractivity contribution in [3.8, 4) is 22.4 Å². The van der Waals surface area contributed by atoms with Crippen LogP contribution < -0.4 is 11.5 Å². The number of fused-ring (bicyclic) bond motifs is 3. The van der Waals surface area contributed by atoms with Crippen LogP contribution in [-0.4, -0.2) is 9.97 Å². The molecule has 2 aromatic carbocycles. The van der Waals surface area contributed by atoms with Crippen molar-refractivity contribution in [1.29, 1.82) is 0 Å². The van der Waals surface area contributed by atoms with E-state index in [-0.39, 0.29) is 0 Å². The quantitative estimate of drug-likeness (QED) is 0.669. The second kappa shape index (κ2) is 5.25. The van der Waals surface area contributed by atoms with E-state index in [1.54, 1.807) is 0 Å². The Hall–Kier alpha value is -2.59. The average Bonchev–Trinajstić information content (AvgIpc) is 2.56. The highest BCUT2D eigenvalue weighted by Gasteiger charge is 2.24. The van der Waals surface area contributed by atoms with Crippen LogP contribution in [0, 0.1) is 0 Å². The SMILES string of the molecule is Nc1nc2c(c(-c3ccccc3)n1)-c1cc(N)c(Cl)cc1CC2. The van der Waals surface area contributed by atoms with Gasteiger partial charge in [0.05, 0.1) is 22.1 Å². The normalized spacial score (nSPS) is 12.6. The average molecular weight is 323 g/mol. The van der Waals surface area contributed by atoms with Gasteiger partial charge in [0.15, 0.2) is 0 Å². The van der Waals surface area contributed by atoms with Crippen molar-refractivity contribution in [3.05, 3.63) is 58.7 Å². The van der Waals surface area contributed by atoms with Crippen molar-refractivity contribution in [2.24, 2.45) is 0 Å². The number of nitrogens with zero attached hydrogens (tertiary/aromatic N) is 2. The van der Waals surface area contributed by atoms with Crippen molar-refractivity contribution in [2.75, 3.05) is 11.5 Å². The number of rotatable bonds is 1. The van der Waals surface area contributed by atoms with Crippen LogP contribution in [0.15, 0.2) is 42.5 Å². The Balaban J connectivity index is 2.04. The van der Waals surface area contributed by atoms with E-state index < -0.39 is 0 Å². The Bertz CT molecular complexity index is 907. The first-order valence-corrected chi connectivity index (χ1v) is 7.81. The Morgan fingerprint density at radius 1 is 0.957 bits per heavy atom. The lowest BCUT2D eigenvalue weighted by Gasteiger charge is -2.22. The molecule has 0 saturated heterocycles. The maximum atomic E-state index is 6.18. The van der Waals surface area contributed by atoms with Gasteiger partial charge in [0.25, 0.3) is 0 Å². The zero-order valence-corrected chi connectivity index (χ0v) is 13.1. The fourth-order valence-electron chi connectivity index (χ4n) is 3.12. The molecule has 0 amide bonds. The van der Waals surface area contributed by atoms with Crippen LogP contribution in [0.4, 0.5) is 11.6 Å². The number of halogens is 1. The Morgan fingerprint density at radius 3 is 2.52 bits per heavy atom. The Labute approximate surface area is 139 Å². The zero-order valence-electron chi connectivity index (χ0n) is 12.4. The number of aromatic nitrogens is 2. The number of anilines is 2. The monoisotopic (exact) mass is 322 g/mol. The molecule has 3 aromatic rings. The fraction of sp³-hybridized carbons (Fsp3) is 0.111. The van der Waals surface area contributed by atoms with Gasteiger partial charge in [0, 0.05) is 11.1 Å². The minimum atomic E-state index is 0.299. The van der Waals surface area contributed by atoms with Crippen LogP contribution in [0.3, 0.4) is 0 Å². The molecular formula is C18H15ClN4. The molecule has 1 aliphatic carbocycles. The number of hydrogen-bond acceptors (Lipinski definition) is 4. The maximum absolute atomic E-state index is 6.18. The summed E-state index contributed by atoms with van der Waals surface area (Å²) < 4.78 is 0. The van der Waals surface area contributed by atoms with Crippen LogP contribution in [-0.2, 0) is 12.8 Å². The van der Waals surface area contributed by atoms with E-state index in [1.165, 1.54) is 5.56 Å². The van der Waals surface area contributed by atoms with Crippen LogP contribution in [0.25, 0.3) is 22.4 Å². The smallest absolute Gasteiger partial charge is 0.220 e. The van der Waals surface area contributed by atoms with E-state index >= 15 is 0 Å². The standard InChI is InChI=1S/C18H15ClN4/c19-13-8-11-6-7-15-16(12(11)9-14(13)20)17(23-18(21)22-15)10-4-2-1-3-5-10/h1-5,8-9H,6-7,20H2,(H2,21,22,23). The van der Waals surface area contributed by atoms with Crippen LogP contribution in [0.1, 0.15) is 11.3 Å². The molecule has 0 bridgehead atoms. The minimum Gasteiger partial charge on any atom is -0.398 e. The lowest BCUT2D eigenvalue weighted by Crippen LogP contribution is -2.11. The molecule has 23 heavy (non-hydrogen) atoms. The second-order valence-corrected chi connectivity index (χ2v) is 6.06. The first kappa shape index (κ1) is 14.0. The molecular weight excluding hydrogens is 308 g/mol. The van der Waals surface area contributed by atoms with Crippen molar-refractivity contribution < 1.29 is 0 Å². The van der Waals surface area contributed by atoms with E-state index in [0.29, 0.717) is 16.7 Å². The lowest BCUT2D eigenvalue weighted by atomic mass is 9.86. The van der Waals surface area contributed by atoms with Gasteiger partial charge < -0.3 is 11.5 Å². The van der Waals surface area contributed by atoms with Crippen molar-refractivity contribution in [1.82, 2.24) is 9.97 Å². The highest BCUT2D eigenvalue weighted by molar-refractivity contribution is 6.33. The molecule has 1 aromatic heterocycles. The summed E-state index contributed by atoms with van der Waals surface area (Å²) in [6.45, 7) is 0. The van der Waals surface area contributed by atoms with Crippen molar-refractivity contribution in [2.45, 2.75) is 12.8 Å². The summed E-state index contributed by atoms with van der Waals surface area (Å²) >= 11 is 6.18. The second-order valence-electron chi connectivity index (χ2n) is 5.65. The van der Waals surface area contributed by atoms with E-state index in [4.69, 9.17) is 23.1 Å². The summed E-state index contributed by atoms with van der Waals surface area (Å²) in [6, 6.07) is 13.9. The lowest BCUT2D eigenvalue weighted by molar-refractivity contribution is 0.889. The minimum absolute atomic E-state index is 0.299. The van der Waals surface area contributed by atoms with Gasteiger partial charge in [-0.15, -0.1) is 0 Å². The third-order valence-electron chi connectivity index (χ3n) is 4.17. The molecule has 4 nitrogen and oxygen atoms in total. The molecule has 0 spiro atoms. The third-order valence-corrected chi connectivity index (χ3v) is 4.50. The summed E-state index contributed by atoms with van der Waals surface area (Å²) in [7, 11) is 0. The van der Waals surface area contributed by atoms with Gasteiger partial charge in [0.2, 0.25) is 5.95 Å². The summed E-state index contributed by atoms with van der Waals surface area (Å²) in [5.41, 5.74) is 18.6. The van der Waals surface area contributed by atoms with Gasteiger partial charge in [-0.1, -0.05) is 41.9 Å². The van der Waals surface area contributed by atoms with Gasteiger partial charge in [-0.3, -0.25) is 0 Å². The molecule has 0 fully saturated rings. The van der Waals surface area contributed by atoms with E-state index in [2.05, 4.69) is 9.97 Å². The van der Waals surface area contributed by atoms with Crippen LogP contribution in [0.5, 0.6) is 0 Å². The van der Waals surface area contributed by atoms with E-state index in [0.717, 1.165) is 40.9 Å². The summed E-state index contributed by atoms with van der Waals surface area (Å²) in [5, 5.41) is 0.588. The Kier molecular flexibility index (Phi) is 3.20. The van der Waals surface area contributed by atoms with Crippen molar-refractivity contribution >= 4 is 23.2 Å². The predicted octanol–water partition coefficient (Wildman–Crippen LogP) is 3.73. The van der Waals surface area contributed by atoms with Gasteiger partial charge >= 0.3 is 0 Å². The van der Waals surface area contributed by atoms with E-state index in [9.17, 15) is 0 Å². The van der Waals surface area contributed by atoms with E-state index in [1.807, 2.05) is 42.5 Å². The van der Waals surface area contributed by atoms with Gasteiger partial charge in [-0.2, -0.15) is 0 Å². The number of benzene rings is 2. The molecule has 0 saturated carbocycles. The molecule has 1 heterocycles. The highest BCUT2D eigenvalue weighted by atomic mass is 35.5. The predicted molar refractivity (Wildman–Crippen MR) is 94.1 cm³/mol. The molecule has 4 rings (SSSR count). The largest absolute Gasteiger partial charge is 0.398 e. The summed E-state index contributed by atoms with van der Waals surface area (Å²) in [4.78, 5) is 8.94. The maximum Gasteiger partial charge on any atom is 0.220 e. The molecule has 4 N–H and O–H groups in total. The van der Waals surface area contributed by atoms with Crippen LogP contribution >= 0.6 is 11.6 Å². The number of nitrogen functional groups attached to an aromatic ring is 2. The Morgan fingerprint density at radius 2 is 1.74 bits per heavy atom. The van der Waals surface area contributed by atoms with Gasteiger partial charge in [-0.05, 0) is 36.1 Å². The van der Waals surface area contributed by atoms with Gasteiger partial charge in [0.1, 0.15) is 0 Å². The molecule has 5 heteroatoms. The molecule has 0 radical (unpaired) electrons. The fourth-order valence-corrected chi connectivity index (χ4v) is 3.31. The van der Waals surface area contributed by atoms with Crippen molar-refractivity contribution in [3.63, 3.8) is 0 Å². The topological polar surface area (TPSA) is 77.8 Å². The number of aryl methyl sites for hydroxylation is 2. The number of hydrogen-bond donors (Lipinski definition) is 2. The molecule has 0 atom stereocenters. The highest BCUT2D eigenvalue weighted by Crippen LogP contribution is 2.41. The first-order chi connectivity index (χ1) is 11.1. The molecule has 0 unspecified atom stereocenters. The summed E-state index contributed by atoms with van der Waals surface area (Å²) in [6.07, 6.45) is 1.68. The zero-order chi connectivity index (χ0) is 16.0. The first-order valence-electron chi connectivity index (χ1n) is 7.43. The number of nitrogens with two attached hydrogens (primary N) is 2.